The summed E-state index contributed by atoms with van der Waals surface area (Å²) in [5.41, 5.74) is 0.784. The van der Waals surface area contributed by atoms with E-state index in [1.54, 1.807) is 17.0 Å². The quantitative estimate of drug-likeness (QED) is 0.824. The minimum absolute atomic E-state index is 0.0683. The van der Waals surface area contributed by atoms with Crippen LogP contribution in [-0.4, -0.2) is 54.0 Å². The van der Waals surface area contributed by atoms with Gasteiger partial charge in [-0.2, -0.15) is 0 Å². The largest absolute Gasteiger partial charge is 0.481 e. The van der Waals surface area contributed by atoms with E-state index < -0.39 is 11.4 Å². The first kappa shape index (κ1) is 17.6. The normalized spacial score (nSPS) is 25.5. The fourth-order valence-corrected chi connectivity index (χ4v) is 3.75. The van der Waals surface area contributed by atoms with Crippen LogP contribution in [0.4, 0.5) is 0 Å². The van der Waals surface area contributed by atoms with E-state index in [1.165, 1.54) is 0 Å². The number of aryl methyl sites for hydroxylation is 1. The Kier molecular flexibility index (Phi) is 4.90. The van der Waals surface area contributed by atoms with Gasteiger partial charge in [0, 0.05) is 44.0 Å². The highest BCUT2D eigenvalue weighted by Crippen LogP contribution is 2.42. The Labute approximate surface area is 146 Å². The lowest BCUT2D eigenvalue weighted by Gasteiger charge is -2.33. The molecule has 1 aromatic carbocycles. The van der Waals surface area contributed by atoms with Crippen molar-refractivity contribution in [2.24, 2.45) is 11.3 Å². The van der Waals surface area contributed by atoms with E-state index in [-0.39, 0.29) is 37.0 Å². The SMILES string of the molecule is Cc1ccc(C(=O)CCC(=O)N2C[C@H]3COCC[C@@]3(C(=O)O)C2)cc1. The molecule has 2 fully saturated rings. The van der Waals surface area contributed by atoms with Crippen LogP contribution in [0, 0.1) is 18.3 Å². The molecular formula is C19H23NO5. The fraction of sp³-hybridized carbons (Fsp3) is 0.526. The molecule has 1 aromatic rings. The predicted molar refractivity (Wildman–Crippen MR) is 90.3 cm³/mol. The molecule has 2 heterocycles. The van der Waals surface area contributed by atoms with Gasteiger partial charge in [0.05, 0.1) is 12.0 Å². The number of benzene rings is 1. The monoisotopic (exact) mass is 345 g/mol. The number of nitrogens with zero attached hydrogens (tertiary/aromatic N) is 1. The van der Waals surface area contributed by atoms with Gasteiger partial charge in [0.25, 0.3) is 0 Å². The summed E-state index contributed by atoms with van der Waals surface area (Å²) >= 11 is 0. The molecule has 1 N–H and O–H groups in total. The molecule has 0 spiro atoms. The van der Waals surface area contributed by atoms with Gasteiger partial charge in [-0.3, -0.25) is 14.4 Å². The Balaban J connectivity index is 1.59. The van der Waals surface area contributed by atoms with Crippen molar-refractivity contribution in [2.75, 3.05) is 26.3 Å². The zero-order chi connectivity index (χ0) is 18.0. The number of ketones is 1. The number of carboxylic acid groups (broad SMARTS) is 1. The second kappa shape index (κ2) is 6.96. The van der Waals surface area contributed by atoms with Gasteiger partial charge in [0.2, 0.25) is 5.91 Å². The van der Waals surface area contributed by atoms with E-state index in [2.05, 4.69) is 0 Å². The maximum absolute atomic E-state index is 12.5. The van der Waals surface area contributed by atoms with Gasteiger partial charge in [-0.05, 0) is 13.3 Å². The number of hydrogen-bond acceptors (Lipinski definition) is 4. The third kappa shape index (κ3) is 3.44. The minimum Gasteiger partial charge on any atom is -0.481 e. The number of ether oxygens (including phenoxy) is 1. The number of carbonyl (C=O) groups is 3. The van der Waals surface area contributed by atoms with Crippen molar-refractivity contribution in [1.82, 2.24) is 4.90 Å². The molecule has 0 aromatic heterocycles. The van der Waals surface area contributed by atoms with Crippen molar-refractivity contribution in [3.63, 3.8) is 0 Å². The van der Waals surface area contributed by atoms with Gasteiger partial charge in [0.1, 0.15) is 0 Å². The van der Waals surface area contributed by atoms with E-state index in [0.717, 1.165) is 5.56 Å². The molecule has 3 rings (SSSR count). The summed E-state index contributed by atoms with van der Waals surface area (Å²) in [5, 5.41) is 9.64. The topological polar surface area (TPSA) is 83.9 Å². The number of aliphatic carboxylic acids is 1. The Hall–Kier alpha value is -2.21. The maximum Gasteiger partial charge on any atom is 0.311 e. The van der Waals surface area contributed by atoms with E-state index in [1.807, 2.05) is 19.1 Å². The second-order valence-corrected chi connectivity index (χ2v) is 7.05. The highest BCUT2D eigenvalue weighted by molar-refractivity contribution is 5.98. The molecule has 0 unspecified atom stereocenters. The van der Waals surface area contributed by atoms with E-state index in [9.17, 15) is 19.5 Å². The van der Waals surface area contributed by atoms with Crippen LogP contribution in [0.3, 0.4) is 0 Å². The molecule has 2 aliphatic rings. The molecule has 2 atom stereocenters. The number of rotatable bonds is 5. The van der Waals surface area contributed by atoms with Crippen molar-refractivity contribution in [3.8, 4) is 0 Å². The first-order chi connectivity index (χ1) is 11.9. The van der Waals surface area contributed by atoms with Crippen molar-refractivity contribution < 1.29 is 24.2 Å². The molecule has 2 saturated heterocycles. The lowest BCUT2D eigenvalue weighted by atomic mass is 9.74. The minimum atomic E-state index is -0.894. The maximum atomic E-state index is 12.5. The Bertz CT molecular complexity index is 684. The molecule has 0 bridgehead atoms. The van der Waals surface area contributed by atoms with E-state index in [0.29, 0.717) is 31.7 Å². The van der Waals surface area contributed by atoms with Crippen LogP contribution in [-0.2, 0) is 14.3 Å². The Morgan fingerprint density at radius 2 is 1.96 bits per heavy atom. The summed E-state index contributed by atoms with van der Waals surface area (Å²) in [6.07, 6.45) is 0.675. The van der Waals surface area contributed by atoms with Crippen molar-refractivity contribution >= 4 is 17.7 Å². The average Bonchev–Trinajstić information content (AvgIpc) is 3.01. The summed E-state index contributed by atoms with van der Waals surface area (Å²) in [7, 11) is 0. The zero-order valence-corrected chi connectivity index (χ0v) is 14.4. The lowest BCUT2D eigenvalue weighted by Crippen LogP contribution is -2.45. The van der Waals surface area contributed by atoms with Gasteiger partial charge in [-0.15, -0.1) is 0 Å². The third-order valence-corrected chi connectivity index (χ3v) is 5.42. The average molecular weight is 345 g/mol. The molecule has 25 heavy (non-hydrogen) atoms. The zero-order valence-electron chi connectivity index (χ0n) is 14.4. The van der Waals surface area contributed by atoms with Gasteiger partial charge in [0.15, 0.2) is 5.78 Å². The van der Waals surface area contributed by atoms with Crippen molar-refractivity contribution in [2.45, 2.75) is 26.2 Å². The number of carboxylic acids is 1. The van der Waals surface area contributed by atoms with Crippen LogP contribution in [0.25, 0.3) is 0 Å². The molecule has 1 amide bonds. The highest BCUT2D eigenvalue weighted by atomic mass is 16.5. The number of carbonyl (C=O) groups excluding carboxylic acids is 2. The Morgan fingerprint density at radius 1 is 1.24 bits per heavy atom. The molecule has 6 nitrogen and oxygen atoms in total. The molecule has 0 aliphatic carbocycles. The van der Waals surface area contributed by atoms with Crippen LogP contribution >= 0.6 is 0 Å². The molecular weight excluding hydrogens is 322 g/mol. The number of Topliss-reactive ketones (excluding diaryl/α,β-unsaturated/α-hetero) is 1. The smallest absolute Gasteiger partial charge is 0.311 e. The van der Waals surface area contributed by atoms with Crippen LogP contribution in [0.5, 0.6) is 0 Å². The summed E-state index contributed by atoms with van der Waals surface area (Å²) in [6.45, 7) is 3.35. The summed E-state index contributed by atoms with van der Waals surface area (Å²) in [5.74, 6) is -1.25. The van der Waals surface area contributed by atoms with Gasteiger partial charge >= 0.3 is 5.97 Å². The summed E-state index contributed by atoms with van der Waals surface area (Å²) in [6, 6.07) is 7.28. The second-order valence-electron chi connectivity index (χ2n) is 7.05. The summed E-state index contributed by atoms with van der Waals surface area (Å²) in [4.78, 5) is 38.0. The number of likely N-dealkylation sites (tertiary alicyclic amines) is 1. The third-order valence-electron chi connectivity index (χ3n) is 5.42. The highest BCUT2D eigenvalue weighted by Gasteiger charge is 2.54. The molecule has 0 radical (unpaired) electrons. The van der Waals surface area contributed by atoms with Gasteiger partial charge in [-0.25, -0.2) is 0 Å². The van der Waals surface area contributed by atoms with E-state index >= 15 is 0 Å². The first-order valence-electron chi connectivity index (χ1n) is 8.61. The molecule has 0 saturated carbocycles. The van der Waals surface area contributed by atoms with Gasteiger partial charge in [-0.1, -0.05) is 29.8 Å². The standard InChI is InChI=1S/C19H23NO5/c1-13-2-4-14(5-3-13)16(21)6-7-17(22)20-10-15-11-25-9-8-19(15,12-20)18(23)24/h2-5,15H,6-12H2,1H3,(H,23,24)/t15-,19+/m0/s1. The van der Waals surface area contributed by atoms with E-state index in [4.69, 9.17) is 4.74 Å². The molecule has 6 heteroatoms. The first-order valence-corrected chi connectivity index (χ1v) is 8.61. The van der Waals surface area contributed by atoms with Crippen LogP contribution in [0.1, 0.15) is 35.2 Å². The van der Waals surface area contributed by atoms with Gasteiger partial charge < -0.3 is 14.7 Å². The number of amides is 1. The van der Waals surface area contributed by atoms with Crippen molar-refractivity contribution in [1.29, 1.82) is 0 Å². The number of fused-ring (bicyclic) bond motifs is 1. The number of hydrogen-bond donors (Lipinski definition) is 1. The van der Waals surface area contributed by atoms with Crippen LogP contribution in [0.15, 0.2) is 24.3 Å². The fourth-order valence-electron chi connectivity index (χ4n) is 3.75. The van der Waals surface area contributed by atoms with Crippen LogP contribution < -0.4 is 0 Å². The van der Waals surface area contributed by atoms with Crippen LogP contribution in [0.2, 0.25) is 0 Å². The Morgan fingerprint density at radius 3 is 2.60 bits per heavy atom. The summed E-state index contributed by atoms with van der Waals surface area (Å²) < 4.78 is 5.40. The lowest BCUT2D eigenvalue weighted by molar-refractivity contribution is -0.157. The molecule has 134 valence electrons. The molecule has 2 aliphatic heterocycles. The van der Waals surface area contributed by atoms with Crippen molar-refractivity contribution in [3.05, 3.63) is 35.4 Å². The predicted octanol–water partition coefficient (Wildman–Crippen LogP) is 1.91.